The first kappa shape index (κ1) is 21.8. The zero-order valence-electron chi connectivity index (χ0n) is 20.0. The molecule has 2 aromatic heterocycles. The van der Waals surface area contributed by atoms with Crippen LogP contribution in [0.5, 0.6) is 0 Å². The van der Waals surface area contributed by atoms with Gasteiger partial charge in [-0.3, -0.25) is 14.6 Å². The summed E-state index contributed by atoms with van der Waals surface area (Å²) in [6.45, 7) is 1.48. The molecule has 0 spiro atoms. The average Bonchev–Trinajstić information content (AvgIpc) is 3.19. The minimum atomic E-state index is -0.196. The van der Waals surface area contributed by atoms with Crippen LogP contribution in [0.4, 0.5) is 0 Å². The third kappa shape index (κ3) is 3.76. The van der Waals surface area contributed by atoms with E-state index in [-0.39, 0.29) is 18.0 Å². The first-order valence-electron chi connectivity index (χ1n) is 12.1. The van der Waals surface area contributed by atoms with Crippen molar-refractivity contribution in [2.24, 2.45) is 10.9 Å². The van der Waals surface area contributed by atoms with Crippen LogP contribution in [-0.2, 0) is 11.2 Å². The molecule has 4 aliphatic rings. The number of rotatable bonds is 2. The Balaban J connectivity index is 1.71. The molecule has 1 fully saturated rings. The first-order chi connectivity index (χ1) is 17.0. The third-order valence-corrected chi connectivity index (χ3v) is 7.19. The molecule has 3 aliphatic carbocycles. The number of aromatic nitrogens is 2. The van der Waals surface area contributed by atoms with Crippen molar-refractivity contribution in [3.8, 4) is 0 Å². The van der Waals surface area contributed by atoms with E-state index in [0.29, 0.717) is 41.5 Å². The Kier molecular flexibility index (Phi) is 5.29. The first-order valence-corrected chi connectivity index (χ1v) is 12.1. The van der Waals surface area contributed by atoms with Gasteiger partial charge < -0.3 is 19.3 Å². The minimum absolute atomic E-state index is 0.150. The lowest BCUT2D eigenvalue weighted by molar-refractivity contribution is -0.113. The lowest BCUT2D eigenvalue weighted by Gasteiger charge is -2.31. The number of allylic oxidation sites excluding steroid dienone is 5. The van der Waals surface area contributed by atoms with Gasteiger partial charge in [0.15, 0.2) is 11.6 Å². The molecular weight excluding hydrogens is 440 g/mol. The fourth-order valence-electron chi connectivity index (χ4n) is 5.66. The molecule has 178 valence electrons. The summed E-state index contributed by atoms with van der Waals surface area (Å²) in [6, 6.07) is 1.79. The maximum absolute atomic E-state index is 13.4. The molecule has 6 rings (SSSR count). The van der Waals surface area contributed by atoms with Crippen LogP contribution in [0.25, 0.3) is 17.2 Å². The van der Waals surface area contributed by atoms with Gasteiger partial charge in [-0.15, -0.1) is 0 Å². The van der Waals surface area contributed by atoms with Gasteiger partial charge in [0.05, 0.1) is 17.7 Å². The van der Waals surface area contributed by atoms with E-state index in [1.165, 1.54) is 5.57 Å². The molecular formula is C28H28N4O3. The maximum Gasteiger partial charge on any atom is 0.173 e. The Morgan fingerprint density at radius 2 is 2.00 bits per heavy atom. The second-order valence-electron chi connectivity index (χ2n) is 9.84. The number of ketones is 2. The molecule has 1 unspecified atom stereocenters. The summed E-state index contributed by atoms with van der Waals surface area (Å²) in [5.74, 6) is 0.623. The van der Waals surface area contributed by atoms with Gasteiger partial charge >= 0.3 is 0 Å². The van der Waals surface area contributed by atoms with E-state index in [1.807, 2.05) is 12.4 Å². The number of carbonyl (C=O) groups is 2. The van der Waals surface area contributed by atoms with E-state index >= 15 is 0 Å². The molecule has 1 aliphatic heterocycles. The molecule has 2 aromatic rings. The minimum Gasteiger partial charge on any atom is -0.468 e. The van der Waals surface area contributed by atoms with Gasteiger partial charge in [0, 0.05) is 66.4 Å². The molecule has 7 nitrogen and oxygen atoms in total. The molecule has 1 saturated carbocycles. The Bertz CT molecular complexity index is 1420. The topological polar surface area (TPSA) is 94.5 Å². The van der Waals surface area contributed by atoms with Crippen molar-refractivity contribution in [2.45, 2.75) is 25.7 Å². The summed E-state index contributed by atoms with van der Waals surface area (Å²) >= 11 is 0. The SMILES string of the molecule is CN(C)CC1CCC2=C/C3=C4/C(=O)CC(=O)c5cc(occ[nH]c54)CC/N=C/1C2=Cc1c[nH]cc13. The number of nitrogens with one attached hydrogen (secondary N) is 2. The van der Waals surface area contributed by atoms with Gasteiger partial charge in [0.25, 0.3) is 0 Å². The highest BCUT2D eigenvalue weighted by Crippen LogP contribution is 2.42. The van der Waals surface area contributed by atoms with Crippen LogP contribution in [0, 0.1) is 5.92 Å². The number of hydrogen-bond donors (Lipinski definition) is 2. The van der Waals surface area contributed by atoms with Crippen LogP contribution >= 0.6 is 0 Å². The van der Waals surface area contributed by atoms with Crippen molar-refractivity contribution >= 4 is 34.5 Å². The second-order valence-corrected chi connectivity index (χ2v) is 9.84. The molecule has 3 heterocycles. The predicted octanol–water partition coefficient (Wildman–Crippen LogP) is 4.42. The Labute approximate surface area is 203 Å². The highest BCUT2D eigenvalue weighted by atomic mass is 16.3. The molecule has 1 atom stereocenters. The predicted molar refractivity (Wildman–Crippen MR) is 136 cm³/mol. The summed E-state index contributed by atoms with van der Waals surface area (Å²) in [5.41, 5.74) is 7.86. The van der Waals surface area contributed by atoms with Crippen molar-refractivity contribution in [3.63, 3.8) is 0 Å². The second kappa shape index (κ2) is 8.50. The molecule has 35 heavy (non-hydrogen) atoms. The van der Waals surface area contributed by atoms with Gasteiger partial charge in [0.2, 0.25) is 0 Å². The summed E-state index contributed by atoms with van der Waals surface area (Å²) in [7, 11) is 4.20. The molecule has 0 radical (unpaired) electrons. The Morgan fingerprint density at radius 3 is 2.86 bits per heavy atom. The fraction of sp³-hybridized carbons (Fsp3) is 0.321. The van der Waals surface area contributed by atoms with Crippen LogP contribution in [0.1, 0.15) is 52.2 Å². The lowest BCUT2D eigenvalue weighted by atomic mass is 9.78. The van der Waals surface area contributed by atoms with Crippen molar-refractivity contribution in [1.29, 1.82) is 0 Å². The monoisotopic (exact) mass is 468 g/mol. The average molecular weight is 469 g/mol. The van der Waals surface area contributed by atoms with Crippen LogP contribution in [-0.4, -0.2) is 59.3 Å². The quantitative estimate of drug-likeness (QED) is 0.638. The summed E-state index contributed by atoms with van der Waals surface area (Å²) in [5, 5.41) is 0. The number of aromatic amines is 2. The normalized spacial score (nSPS) is 24.4. The van der Waals surface area contributed by atoms with E-state index < -0.39 is 0 Å². The lowest BCUT2D eigenvalue weighted by Crippen LogP contribution is -2.32. The van der Waals surface area contributed by atoms with Crippen molar-refractivity contribution in [1.82, 2.24) is 14.9 Å². The standard InChI is InChI=1S/C28H28N4O3/c1-32(2)15-17-4-3-16-9-21-23-14-29-13-18(23)10-20(16)27(17)30-6-5-19-11-22-24(33)12-25(34)26(21)28(22)31-7-8-35-19/h7-11,13-14,17,29,31H,3-6,12,15H2,1-2H3/b8-7?,19-11?,26-21+,30-27-. The summed E-state index contributed by atoms with van der Waals surface area (Å²) in [6.07, 6.45) is 13.8. The van der Waals surface area contributed by atoms with Crippen LogP contribution in [0.3, 0.4) is 0 Å². The highest BCUT2D eigenvalue weighted by Gasteiger charge is 2.34. The molecule has 0 amide bonds. The van der Waals surface area contributed by atoms with E-state index in [1.54, 1.807) is 18.5 Å². The number of Topliss-reactive ketones (excluding diaryl/α,β-unsaturated/α-hetero) is 2. The van der Waals surface area contributed by atoms with E-state index in [0.717, 1.165) is 47.4 Å². The maximum atomic E-state index is 13.4. The number of nitrogens with zero attached hydrogens (tertiary/aromatic N) is 2. The van der Waals surface area contributed by atoms with Gasteiger partial charge in [-0.1, -0.05) is 0 Å². The van der Waals surface area contributed by atoms with Crippen molar-refractivity contribution in [3.05, 3.63) is 76.3 Å². The molecule has 0 aromatic carbocycles. The highest BCUT2D eigenvalue weighted by molar-refractivity contribution is 6.38. The van der Waals surface area contributed by atoms with Crippen molar-refractivity contribution in [2.75, 3.05) is 27.2 Å². The summed E-state index contributed by atoms with van der Waals surface area (Å²) < 4.78 is 5.83. The Hall–Kier alpha value is -3.71. The van der Waals surface area contributed by atoms with E-state index in [9.17, 15) is 9.59 Å². The largest absolute Gasteiger partial charge is 0.468 e. The van der Waals surface area contributed by atoms with Crippen LogP contribution in [0.2, 0.25) is 0 Å². The molecule has 7 heteroatoms. The molecule has 2 N–H and O–H groups in total. The summed E-state index contributed by atoms with van der Waals surface area (Å²) in [4.78, 5) is 40.2. The van der Waals surface area contributed by atoms with Crippen molar-refractivity contribution < 1.29 is 14.0 Å². The van der Waals surface area contributed by atoms with Gasteiger partial charge in [-0.25, -0.2) is 0 Å². The van der Waals surface area contributed by atoms with Crippen LogP contribution < -0.4 is 0 Å². The zero-order chi connectivity index (χ0) is 24.1. The molecule has 0 saturated heterocycles. The smallest absolute Gasteiger partial charge is 0.173 e. The van der Waals surface area contributed by atoms with E-state index in [2.05, 4.69) is 41.1 Å². The number of aliphatic imine (C=N–C) groups is 1. The van der Waals surface area contributed by atoms with Gasteiger partial charge in [-0.05, 0) is 61.9 Å². The van der Waals surface area contributed by atoms with E-state index in [4.69, 9.17) is 9.41 Å². The third-order valence-electron chi connectivity index (χ3n) is 7.19. The van der Waals surface area contributed by atoms with Crippen LogP contribution in [0.15, 0.2) is 57.6 Å². The number of hydrogen-bond acceptors (Lipinski definition) is 5. The zero-order valence-corrected chi connectivity index (χ0v) is 20.0. The van der Waals surface area contributed by atoms with Gasteiger partial charge in [-0.2, -0.15) is 0 Å². The van der Waals surface area contributed by atoms with Gasteiger partial charge in [0.1, 0.15) is 12.0 Å². The number of fused-ring (bicyclic) bond motifs is 4. The molecule has 8 bridgehead atoms. The number of H-pyrrole nitrogens is 2. The Morgan fingerprint density at radius 1 is 1.11 bits per heavy atom. The number of carbonyl (C=O) groups excluding carboxylic acids is 2. The fourth-order valence-corrected chi connectivity index (χ4v) is 5.66.